The minimum absolute atomic E-state index is 0.00935. The second kappa shape index (κ2) is 17.9. The number of nitrogens with zero attached hydrogens (tertiary/aromatic N) is 2. The van der Waals surface area contributed by atoms with Gasteiger partial charge in [-0.2, -0.15) is 5.53 Å². The summed E-state index contributed by atoms with van der Waals surface area (Å²) in [6, 6.07) is 14.5. The summed E-state index contributed by atoms with van der Waals surface area (Å²) in [6.45, 7) is 1.92. The number of nitrogens with one attached hydrogen (secondary N) is 3. The third-order valence-electron chi connectivity index (χ3n) is 8.73. The highest BCUT2D eigenvalue weighted by molar-refractivity contribution is 6.03. The Labute approximate surface area is 274 Å². The van der Waals surface area contributed by atoms with Crippen molar-refractivity contribution in [2.75, 3.05) is 37.8 Å². The van der Waals surface area contributed by atoms with Gasteiger partial charge < -0.3 is 40.7 Å². The first-order chi connectivity index (χ1) is 22.7. The van der Waals surface area contributed by atoms with Gasteiger partial charge in [-0.15, -0.1) is 0 Å². The number of unbranched alkanes of at least 4 members (excludes halogenated alkanes) is 3. The van der Waals surface area contributed by atoms with Crippen molar-refractivity contribution in [3.05, 3.63) is 59.7 Å². The van der Waals surface area contributed by atoms with Gasteiger partial charge >= 0.3 is 0 Å². The van der Waals surface area contributed by atoms with E-state index in [1.54, 1.807) is 4.90 Å². The highest BCUT2D eigenvalue weighted by atomic mass is 16.6. The van der Waals surface area contributed by atoms with Gasteiger partial charge in [0.1, 0.15) is 12.2 Å². The zero-order valence-corrected chi connectivity index (χ0v) is 26.7. The molecule has 0 radical (unpaired) electrons. The fourth-order valence-corrected chi connectivity index (χ4v) is 5.99. The van der Waals surface area contributed by atoms with Crippen LogP contribution in [0.25, 0.3) is 0 Å². The number of hydrazine groups is 2. The number of fused-ring (bicyclic) bond motifs is 5. The van der Waals surface area contributed by atoms with Crippen LogP contribution in [0.5, 0.6) is 0 Å². The Bertz CT molecular complexity index is 1300. The Morgan fingerprint density at radius 2 is 1.53 bits per heavy atom. The number of hydrogen-bond donors (Lipinski definition) is 9. The van der Waals surface area contributed by atoms with E-state index in [1.807, 2.05) is 53.5 Å². The zero-order valence-electron chi connectivity index (χ0n) is 26.7. The van der Waals surface area contributed by atoms with Crippen molar-refractivity contribution in [2.24, 2.45) is 5.92 Å². The summed E-state index contributed by atoms with van der Waals surface area (Å²) in [5.41, 5.74) is 9.53. The second-order valence-electron chi connectivity index (χ2n) is 12.1. The summed E-state index contributed by atoms with van der Waals surface area (Å²) in [5.74, 6) is -1.13. The number of para-hydroxylation sites is 2. The summed E-state index contributed by atoms with van der Waals surface area (Å²) in [6.07, 6.45) is -3.36. The molecule has 0 spiro atoms. The predicted molar refractivity (Wildman–Crippen MR) is 173 cm³/mol. The van der Waals surface area contributed by atoms with Crippen LogP contribution in [0, 0.1) is 5.92 Å². The topological polar surface area (TPSA) is 207 Å². The zero-order chi connectivity index (χ0) is 33.9. The number of ether oxygens (including phenoxy) is 1. The van der Waals surface area contributed by atoms with E-state index in [0.717, 1.165) is 36.8 Å². The lowest BCUT2D eigenvalue weighted by molar-refractivity contribution is -0.208. The Balaban J connectivity index is 1.45. The van der Waals surface area contributed by atoms with Crippen molar-refractivity contribution in [1.29, 1.82) is 0 Å². The van der Waals surface area contributed by atoms with Crippen LogP contribution >= 0.6 is 0 Å². The van der Waals surface area contributed by atoms with Crippen LogP contribution < -0.4 is 21.2 Å². The van der Waals surface area contributed by atoms with Crippen molar-refractivity contribution in [3.63, 3.8) is 0 Å². The number of benzene rings is 2. The molecular formula is C33H49N5O9. The molecule has 4 rings (SSSR count). The minimum Gasteiger partial charge on any atom is -0.396 e. The molecule has 2 aliphatic rings. The molecule has 2 aromatic rings. The average Bonchev–Trinajstić information content (AvgIpc) is 3.46. The number of rotatable bonds is 18. The summed E-state index contributed by atoms with van der Waals surface area (Å²) in [7, 11) is 0. The van der Waals surface area contributed by atoms with Crippen molar-refractivity contribution in [3.8, 4) is 0 Å². The van der Waals surface area contributed by atoms with Crippen molar-refractivity contribution in [2.45, 2.75) is 82.1 Å². The number of carbonyl (C=O) groups is 2. The number of aliphatic hydroxyl groups excluding tert-OH is 6. The fourth-order valence-electron chi connectivity index (χ4n) is 5.99. The molecule has 14 nitrogen and oxygen atoms in total. The molecule has 2 aliphatic heterocycles. The maximum absolute atomic E-state index is 13.9. The lowest BCUT2D eigenvalue weighted by Crippen LogP contribution is -2.49. The van der Waals surface area contributed by atoms with Gasteiger partial charge in [-0.1, -0.05) is 56.2 Å². The maximum Gasteiger partial charge on any atom is 0.232 e. The predicted octanol–water partition coefficient (Wildman–Crippen LogP) is 0.267. The van der Waals surface area contributed by atoms with Gasteiger partial charge in [0.2, 0.25) is 11.8 Å². The first-order valence-electron chi connectivity index (χ1n) is 16.3. The van der Waals surface area contributed by atoms with Gasteiger partial charge in [0.05, 0.1) is 36.2 Å². The van der Waals surface area contributed by atoms with Gasteiger partial charge in [0.25, 0.3) is 0 Å². The third-order valence-corrected chi connectivity index (χ3v) is 8.73. The van der Waals surface area contributed by atoms with E-state index < -0.39 is 37.1 Å². The van der Waals surface area contributed by atoms with E-state index in [2.05, 4.69) is 16.3 Å². The molecule has 1 fully saturated rings. The molecule has 0 aliphatic carbocycles. The SMILES string of the molecule is CC(CO)[C@@H](O)C(O)C(O)[C@H](O)OCCN1NNC2c3ccccc3N(C(=O)CCC(=O)NCCCCCCO)c3ccccc3C21. The highest BCUT2D eigenvalue weighted by Crippen LogP contribution is 2.48. The normalized spacial score (nSPS) is 20.7. The van der Waals surface area contributed by atoms with Crippen LogP contribution in [0.15, 0.2) is 48.5 Å². The molecule has 0 saturated carbocycles. The molecular weight excluding hydrogens is 610 g/mol. The first-order valence-corrected chi connectivity index (χ1v) is 16.3. The molecule has 7 atom stereocenters. The Morgan fingerprint density at radius 1 is 0.872 bits per heavy atom. The fraction of sp³-hybridized carbons (Fsp3) is 0.576. The maximum atomic E-state index is 13.9. The summed E-state index contributed by atoms with van der Waals surface area (Å²) in [5, 5.41) is 63.9. The number of anilines is 2. The molecule has 47 heavy (non-hydrogen) atoms. The van der Waals surface area contributed by atoms with Crippen molar-refractivity contribution >= 4 is 23.2 Å². The minimum atomic E-state index is -1.81. The molecule has 0 aromatic heterocycles. The molecule has 2 amide bonds. The molecule has 2 aromatic carbocycles. The molecule has 14 heteroatoms. The summed E-state index contributed by atoms with van der Waals surface area (Å²) in [4.78, 5) is 28.1. The molecule has 1 saturated heterocycles. The molecule has 260 valence electrons. The quantitative estimate of drug-likeness (QED) is 0.0781. The lowest BCUT2D eigenvalue weighted by Gasteiger charge is -2.30. The van der Waals surface area contributed by atoms with Crippen molar-refractivity contribution in [1.82, 2.24) is 21.3 Å². The van der Waals surface area contributed by atoms with E-state index in [0.29, 0.717) is 17.9 Å². The number of carbonyl (C=O) groups excluding carboxylic acids is 2. The monoisotopic (exact) mass is 659 g/mol. The Morgan fingerprint density at radius 3 is 2.23 bits per heavy atom. The number of amides is 2. The Hall–Kier alpha value is -3.02. The summed E-state index contributed by atoms with van der Waals surface area (Å²) >= 11 is 0. The van der Waals surface area contributed by atoms with Gasteiger partial charge in [-0.05, 0) is 36.1 Å². The largest absolute Gasteiger partial charge is 0.396 e. The van der Waals surface area contributed by atoms with Crippen LogP contribution in [0.4, 0.5) is 11.4 Å². The number of aliphatic hydroxyl groups is 6. The lowest BCUT2D eigenvalue weighted by atomic mass is 9.94. The molecule has 9 N–H and O–H groups in total. The molecule has 0 bridgehead atoms. The molecule has 5 unspecified atom stereocenters. The average molecular weight is 660 g/mol. The number of hydrogen-bond acceptors (Lipinski definition) is 12. The van der Waals surface area contributed by atoms with Gasteiger partial charge in [-0.25, -0.2) is 10.4 Å². The van der Waals surface area contributed by atoms with Crippen molar-refractivity contribution < 1.29 is 45.0 Å². The Kier molecular flexibility index (Phi) is 14.0. The highest BCUT2D eigenvalue weighted by Gasteiger charge is 2.43. The van der Waals surface area contributed by atoms with E-state index in [-0.39, 0.29) is 56.5 Å². The standard InChI is InChI=1S/C33H49N5O9/c1-21(20-40)30(43)31(44)32(45)33(46)47-19-17-37-29-23-11-5-7-13-25(23)38(24-12-6-4-10-22(24)28(29)35-36-37)27(42)15-14-26(41)34-16-8-2-3-9-18-39/h4-7,10-13,21,28-33,35-36,39-40,43-46H,2-3,8-9,14-20H2,1H3,(H,34,41)/t21?,28?,29?,30-,31?,32?,33-/m1/s1. The molecule has 2 heterocycles. The van der Waals surface area contributed by atoms with Crippen LogP contribution in [-0.4, -0.2) is 105 Å². The van der Waals surface area contributed by atoms with E-state index in [4.69, 9.17) is 9.84 Å². The second-order valence-corrected chi connectivity index (χ2v) is 12.1. The van der Waals surface area contributed by atoms with E-state index in [1.165, 1.54) is 6.92 Å². The van der Waals surface area contributed by atoms with Gasteiger partial charge in [0, 0.05) is 45.1 Å². The van der Waals surface area contributed by atoms with E-state index >= 15 is 0 Å². The van der Waals surface area contributed by atoms with Crippen LogP contribution in [0.1, 0.15) is 68.7 Å². The van der Waals surface area contributed by atoms with Crippen LogP contribution in [0.3, 0.4) is 0 Å². The first kappa shape index (κ1) is 36.8. The third kappa shape index (κ3) is 9.12. The van der Waals surface area contributed by atoms with Gasteiger partial charge in [-0.3, -0.25) is 14.5 Å². The van der Waals surface area contributed by atoms with E-state index in [9.17, 15) is 35.1 Å². The smallest absolute Gasteiger partial charge is 0.232 e. The van der Waals surface area contributed by atoms with Crippen LogP contribution in [-0.2, 0) is 14.3 Å². The van der Waals surface area contributed by atoms with Crippen LogP contribution in [0.2, 0.25) is 0 Å². The van der Waals surface area contributed by atoms with Gasteiger partial charge in [0.15, 0.2) is 6.29 Å². The summed E-state index contributed by atoms with van der Waals surface area (Å²) < 4.78 is 5.43.